The lowest BCUT2D eigenvalue weighted by atomic mass is 9.97. The second-order valence-electron chi connectivity index (χ2n) is 6.59. The van der Waals surface area contributed by atoms with E-state index in [1.54, 1.807) is 0 Å². The van der Waals surface area contributed by atoms with Crippen LogP contribution in [0.2, 0.25) is 0 Å². The second-order valence-corrected chi connectivity index (χ2v) is 7.51. The fourth-order valence-corrected chi connectivity index (χ4v) is 4.40. The van der Waals surface area contributed by atoms with Gasteiger partial charge in [-0.3, -0.25) is 4.79 Å². The molecule has 0 saturated carbocycles. The van der Waals surface area contributed by atoms with Gasteiger partial charge in [0.2, 0.25) is 0 Å². The monoisotopic (exact) mass is 342 g/mol. The van der Waals surface area contributed by atoms with Crippen LogP contribution in [0, 0.1) is 6.92 Å². The summed E-state index contributed by atoms with van der Waals surface area (Å²) in [6.45, 7) is 5.14. The van der Waals surface area contributed by atoms with Crippen LogP contribution in [0.4, 0.5) is 5.82 Å². The first-order valence-corrected chi connectivity index (χ1v) is 9.54. The summed E-state index contributed by atoms with van der Waals surface area (Å²) in [6.07, 6.45) is 4.66. The van der Waals surface area contributed by atoms with Crippen LogP contribution in [0.3, 0.4) is 0 Å². The molecule has 1 saturated heterocycles. The highest BCUT2D eigenvalue weighted by Gasteiger charge is 2.25. The molecule has 126 valence electrons. The Bertz CT molecular complexity index is 749. The van der Waals surface area contributed by atoms with Gasteiger partial charge in [0.05, 0.1) is 10.6 Å². The molecular formula is C18H22N4OS. The molecule has 1 amide bonds. The number of rotatable bonds is 2. The molecule has 1 aliphatic heterocycles. The molecule has 0 aromatic carbocycles. The minimum Gasteiger partial charge on any atom is -0.352 e. The summed E-state index contributed by atoms with van der Waals surface area (Å²) in [6, 6.07) is 4.22. The number of aromatic nitrogens is 2. The van der Waals surface area contributed by atoms with Gasteiger partial charge in [0, 0.05) is 26.2 Å². The van der Waals surface area contributed by atoms with Gasteiger partial charge in [0.15, 0.2) is 5.82 Å². The first-order chi connectivity index (χ1) is 11.7. The maximum absolute atomic E-state index is 12.6. The quantitative estimate of drug-likeness (QED) is 0.842. The Hall–Kier alpha value is -1.95. The van der Waals surface area contributed by atoms with Crippen molar-refractivity contribution in [2.45, 2.75) is 32.6 Å². The molecule has 6 heteroatoms. The van der Waals surface area contributed by atoms with E-state index in [-0.39, 0.29) is 5.91 Å². The normalized spacial score (nSPS) is 17.7. The van der Waals surface area contributed by atoms with Crippen LogP contribution in [0.15, 0.2) is 17.5 Å². The zero-order valence-corrected chi connectivity index (χ0v) is 14.8. The highest BCUT2D eigenvalue weighted by atomic mass is 32.1. The first kappa shape index (κ1) is 15.6. The van der Waals surface area contributed by atoms with Crippen molar-refractivity contribution in [3.05, 3.63) is 39.2 Å². The number of anilines is 1. The fourth-order valence-electron chi connectivity index (χ4n) is 3.51. The van der Waals surface area contributed by atoms with Crippen LogP contribution in [-0.4, -0.2) is 47.2 Å². The Labute approximate surface area is 146 Å². The third-order valence-electron chi connectivity index (χ3n) is 5.00. The van der Waals surface area contributed by atoms with E-state index in [0.29, 0.717) is 0 Å². The number of piperazine rings is 1. The van der Waals surface area contributed by atoms with Crippen LogP contribution in [0.5, 0.6) is 0 Å². The molecule has 4 rings (SSSR count). The van der Waals surface area contributed by atoms with Crippen molar-refractivity contribution in [3.63, 3.8) is 0 Å². The molecule has 3 heterocycles. The van der Waals surface area contributed by atoms with Crippen LogP contribution < -0.4 is 4.90 Å². The number of hydrogen-bond acceptors (Lipinski definition) is 5. The number of hydrogen-bond donors (Lipinski definition) is 0. The third kappa shape index (κ3) is 2.90. The SMILES string of the molecule is Cc1ccsc1C(=O)N1CCN(c2cc3c(nn2)CCCC3)CC1. The summed E-state index contributed by atoms with van der Waals surface area (Å²) >= 11 is 1.54. The minimum atomic E-state index is 0.165. The summed E-state index contributed by atoms with van der Waals surface area (Å²) in [5, 5.41) is 10.8. The van der Waals surface area contributed by atoms with Crippen molar-refractivity contribution in [1.29, 1.82) is 0 Å². The largest absolute Gasteiger partial charge is 0.352 e. The van der Waals surface area contributed by atoms with E-state index in [9.17, 15) is 4.79 Å². The smallest absolute Gasteiger partial charge is 0.264 e. The Balaban J connectivity index is 1.43. The zero-order valence-electron chi connectivity index (χ0n) is 14.0. The van der Waals surface area contributed by atoms with Gasteiger partial charge >= 0.3 is 0 Å². The van der Waals surface area contributed by atoms with Crippen molar-refractivity contribution in [3.8, 4) is 0 Å². The fraction of sp³-hybridized carbons (Fsp3) is 0.500. The molecule has 0 spiro atoms. The number of fused-ring (bicyclic) bond motifs is 1. The van der Waals surface area contributed by atoms with Crippen molar-refractivity contribution < 1.29 is 4.79 Å². The van der Waals surface area contributed by atoms with Crippen LogP contribution in [0.25, 0.3) is 0 Å². The lowest BCUT2D eigenvalue weighted by Gasteiger charge is -2.35. The third-order valence-corrected chi connectivity index (χ3v) is 6.01. The lowest BCUT2D eigenvalue weighted by molar-refractivity contribution is 0.0750. The Morgan fingerprint density at radius 1 is 1.12 bits per heavy atom. The molecule has 0 bridgehead atoms. The molecule has 1 fully saturated rings. The molecule has 0 unspecified atom stereocenters. The maximum atomic E-state index is 12.6. The van der Waals surface area contributed by atoms with Gasteiger partial charge in [0.1, 0.15) is 0 Å². The Morgan fingerprint density at radius 2 is 1.92 bits per heavy atom. The van der Waals surface area contributed by atoms with E-state index >= 15 is 0 Å². The Morgan fingerprint density at radius 3 is 2.67 bits per heavy atom. The van der Waals surface area contributed by atoms with Crippen molar-refractivity contribution in [2.75, 3.05) is 31.1 Å². The first-order valence-electron chi connectivity index (χ1n) is 8.66. The number of carbonyl (C=O) groups is 1. The highest BCUT2D eigenvalue weighted by Crippen LogP contribution is 2.24. The van der Waals surface area contributed by atoms with Crippen LogP contribution in [0.1, 0.15) is 39.3 Å². The van der Waals surface area contributed by atoms with Gasteiger partial charge in [-0.1, -0.05) is 0 Å². The van der Waals surface area contributed by atoms with Crippen molar-refractivity contribution in [2.24, 2.45) is 0 Å². The molecule has 2 aromatic heterocycles. The molecule has 0 atom stereocenters. The minimum absolute atomic E-state index is 0.165. The predicted octanol–water partition coefficient (Wildman–Crippen LogP) is 2.69. The van der Waals surface area contributed by atoms with Gasteiger partial charge in [-0.05, 0) is 61.2 Å². The van der Waals surface area contributed by atoms with Gasteiger partial charge in [-0.2, -0.15) is 5.10 Å². The van der Waals surface area contributed by atoms with Crippen molar-refractivity contribution >= 4 is 23.1 Å². The molecule has 5 nitrogen and oxygen atoms in total. The highest BCUT2D eigenvalue weighted by molar-refractivity contribution is 7.12. The molecule has 2 aliphatic rings. The Kier molecular flexibility index (Phi) is 4.22. The number of amides is 1. The van der Waals surface area contributed by atoms with E-state index in [4.69, 9.17) is 0 Å². The summed E-state index contributed by atoms with van der Waals surface area (Å²) in [7, 11) is 0. The number of thiophene rings is 1. The summed E-state index contributed by atoms with van der Waals surface area (Å²) < 4.78 is 0. The zero-order chi connectivity index (χ0) is 16.5. The van der Waals surface area contributed by atoms with Gasteiger partial charge < -0.3 is 9.80 Å². The molecule has 1 aliphatic carbocycles. The van der Waals surface area contributed by atoms with Crippen LogP contribution in [-0.2, 0) is 12.8 Å². The van der Waals surface area contributed by atoms with E-state index in [2.05, 4.69) is 21.2 Å². The lowest BCUT2D eigenvalue weighted by Crippen LogP contribution is -2.49. The van der Waals surface area contributed by atoms with E-state index in [1.165, 1.54) is 35.4 Å². The van der Waals surface area contributed by atoms with Gasteiger partial charge in [-0.15, -0.1) is 16.4 Å². The number of carbonyl (C=O) groups excluding carboxylic acids is 1. The maximum Gasteiger partial charge on any atom is 0.264 e. The number of aryl methyl sites for hydroxylation is 3. The number of nitrogens with zero attached hydrogens (tertiary/aromatic N) is 4. The van der Waals surface area contributed by atoms with Gasteiger partial charge in [0.25, 0.3) is 5.91 Å². The summed E-state index contributed by atoms with van der Waals surface area (Å²) in [5.41, 5.74) is 3.61. The van der Waals surface area contributed by atoms with E-state index < -0.39 is 0 Å². The standard InChI is InChI=1S/C18H22N4OS/c1-13-6-11-24-17(13)18(23)22-9-7-21(8-10-22)16-12-14-4-2-3-5-15(14)19-20-16/h6,11-12H,2-5,7-10H2,1H3. The average Bonchev–Trinajstić information content (AvgIpc) is 3.07. The topological polar surface area (TPSA) is 49.3 Å². The molecule has 24 heavy (non-hydrogen) atoms. The summed E-state index contributed by atoms with van der Waals surface area (Å²) in [5.74, 6) is 1.13. The van der Waals surface area contributed by atoms with E-state index in [0.717, 1.165) is 55.3 Å². The molecular weight excluding hydrogens is 320 g/mol. The molecule has 0 radical (unpaired) electrons. The van der Waals surface area contributed by atoms with Crippen molar-refractivity contribution in [1.82, 2.24) is 15.1 Å². The summed E-state index contributed by atoms with van der Waals surface area (Å²) in [4.78, 5) is 17.7. The van der Waals surface area contributed by atoms with Crippen LogP contribution >= 0.6 is 11.3 Å². The van der Waals surface area contributed by atoms with E-state index in [1.807, 2.05) is 23.3 Å². The average molecular weight is 342 g/mol. The molecule has 2 aromatic rings. The van der Waals surface area contributed by atoms with Gasteiger partial charge in [-0.25, -0.2) is 0 Å². The predicted molar refractivity (Wildman–Crippen MR) is 95.8 cm³/mol. The second kappa shape index (κ2) is 6.51. The molecule has 0 N–H and O–H groups in total.